The number of fused-ring (bicyclic) bond motifs is 2. The number of thioether (sulfide) groups is 1. The number of nitrogens with two attached hydrogens (primary N) is 1. The lowest BCUT2D eigenvalue weighted by Gasteiger charge is -2.37. The van der Waals surface area contributed by atoms with Crippen molar-refractivity contribution in [1.29, 1.82) is 0 Å². The molecule has 0 aliphatic carbocycles. The number of rotatable bonds is 6. The third kappa shape index (κ3) is 4.31. The van der Waals surface area contributed by atoms with Crippen LogP contribution in [0.4, 0.5) is 5.69 Å². The van der Waals surface area contributed by atoms with Gasteiger partial charge in [-0.25, -0.2) is 0 Å². The van der Waals surface area contributed by atoms with Gasteiger partial charge in [-0.1, -0.05) is 23.9 Å². The van der Waals surface area contributed by atoms with E-state index in [9.17, 15) is 0 Å². The molecule has 0 bridgehead atoms. The molecule has 1 saturated heterocycles. The van der Waals surface area contributed by atoms with Gasteiger partial charge in [-0.15, -0.1) is 0 Å². The topological polar surface area (TPSA) is 69.4 Å². The number of hydrogen-bond donors (Lipinski definition) is 1. The molecule has 8 heteroatoms. The third-order valence-electron chi connectivity index (χ3n) is 6.51. The minimum atomic E-state index is -0.100. The fourth-order valence-electron chi connectivity index (χ4n) is 4.76. The van der Waals surface area contributed by atoms with Crippen molar-refractivity contribution in [2.45, 2.75) is 29.3 Å². The second-order valence-corrected chi connectivity index (χ2v) is 9.71. The van der Waals surface area contributed by atoms with E-state index in [0.29, 0.717) is 12.5 Å². The van der Waals surface area contributed by atoms with Crippen LogP contribution < -0.4 is 29.6 Å². The van der Waals surface area contributed by atoms with Crippen LogP contribution in [0.25, 0.3) is 0 Å². The Labute approximate surface area is 193 Å². The average molecular weight is 458 g/mol. The number of likely N-dealkylation sites (tertiary alicyclic amines) is 1. The number of para-hydroxylation sites is 2. The van der Waals surface area contributed by atoms with Crippen LogP contribution in [0.5, 0.6) is 23.0 Å². The summed E-state index contributed by atoms with van der Waals surface area (Å²) in [6.45, 7) is 4.59. The predicted molar refractivity (Wildman–Crippen MR) is 126 cm³/mol. The summed E-state index contributed by atoms with van der Waals surface area (Å²) < 4.78 is 23.1. The Balaban J connectivity index is 1.17. The number of anilines is 1. The first-order valence-electron chi connectivity index (χ1n) is 11.2. The van der Waals surface area contributed by atoms with Crippen LogP contribution in [0.15, 0.2) is 41.3 Å². The molecule has 2 aromatic rings. The van der Waals surface area contributed by atoms with Gasteiger partial charge in [0, 0.05) is 25.2 Å². The second kappa shape index (κ2) is 9.29. The molecule has 5 rings (SSSR count). The van der Waals surface area contributed by atoms with Gasteiger partial charge in [0.25, 0.3) is 0 Å². The van der Waals surface area contributed by atoms with Crippen molar-refractivity contribution < 1.29 is 18.9 Å². The number of benzene rings is 2. The second-order valence-electron chi connectivity index (χ2n) is 8.58. The smallest absolute Gasteiger partial charge is 0.161 e. The maximum atomic E-state index is 6.50. The van der Waals surface area contributed by atoms with Crippen molar-refractivity contribution in [1.82, 2.24) is 4.90 Å². The zero-order chi connectivity index (χ0) is 22.1. The molecule has 0 radical (unpaired) electrons. The first-order chi connectivity index (χ1) is 15.6. The summed E-state index contributed by atoms with van der Waals surface area (Å²) in [6.07, 6.45) is 2.37. The lowest BCUT2D eigenvalue weighted by atomic mass is 9.95. The van der Waals surface area contributed by atoms with E-state index in [1.165, 1.54) is 0 Å². The minimum absolute atomic E-state index is 0.0802. The van der Waals surface area contributed by atoms with Crippen LogP contribution in [0.3, 0.4) is 0 Å². The van der Waals surface area contributed by atoms with Crippen molar-refractivity contribution >= 4 is 17.4 Å². The molecule has 7 nitrogen and oxygen atoms in total. The summed E-state index contributed by atoms with van der Waals surface area (Å²) in [5.41, 5.74) is 7.52. The monoisotopic (exact) mass is 457 g/mol. The third-order valence-corrected chi connectivity index (χ3v) is 7.65. The maximum Gasteiger partial charge on any atom is 0.161 e. The molecule has 1 fully saturated rings. The van der Waals surface area contributed by atoms with E-state index in [2.05, 4.69) is 15.9 Å². The van der Waals surface area contributed by atoms with Gasteiger partial charge in [0.15, 0.2) is 11.5 Å². The van der Waals surface area contributed by atoms with Gasteiger partial charge >= 0.3 is 0 Å². The SMILES string of the molecule is COc1cc(OC)c2c(c1)N(CC1CCN(CC3COc4ccccc4O3)CC1)C(N)S2. The molecule has 3 heterocycles. The van der Waals surface area contributed by atoms with Crippen LogP contribution in [-0.4, -0.2) is 63.5 Å². The normalized spacial score (nSPS) is 23.2. The van der Waals surface area contributed by atoms with Crippen LogP contribution in [0.2, 0.25) is 0 Å². The number of ether oxygens (including phenoxy) is 4. The van der Waals surface area contributed by atoms with Crippen molar-refractivity contribution in [2.24, 2.45) is 11.7 Å². The molecule has 0 amide bonds. The number of piperidine rings is 1. The van der Waals surface area contributed by atoms with E-state index >= 15 is 0 Å². The molecular weight excluding hydrogens is 426 g/mol. The van der Waals surface area contributed by atoms with Crippen molar-refractivity contribution in [3.63, 3.8) is 0 Å². The molecule has 172 valence electrons. The first-order valence-corrected chi connectivity index (χ1v) is 12.1. The van der Waals surface area contributed by atoms with E-state index in [0.717, 1.165) is 72.6 Å². The highest BCUT2D eigenvalue weighted by molar-refractivity contribution is 8.00. The Bertz CT molecular complexity index is 951. The Morgan fingerprint density at radius 1 is 1.06 bits per heavy atom. The molecule has 0 saturated carbocycles. The van der Waals surface area contributed by atoms with E-state index in [-0.39, 0.29) is 11.6 Å². The summed E-state index contributed by atoms with van der Waals surface area (Å²) in [6, 6.07) is 11.9. The zero-order valence-electron chi connectivity index (χ0n) is 18.7. The highest BCUT2D eigenvalue weighted by Crippen LogP contribution is 2.49. The quantitative estimate of drug-likeness (QED) is 0.708. The molecule has 32 heavy (non-hydrogen) atoms. The number of hydrogen-bond acceptors (Lipinski definition) is 8. The van der Waals surface area contributed by atoms with Gasteiger partial charge < -0.3 is 29.6 Å². The Hall–Kier alpha value is -2.29. The first kappa shape index (κ1) is 21.6. The van der Waals surface area contributed by atoms with Crippen LogP contribution in [0.1, 0.15) is 12.8 Å². The molecular formula is C24H31N3O4S. The summed E-state index contributed by atoms with van der Waals surface area (Å²) >= 11 is 1.66. The molecule has 3 aliphatic heterocycles. The van der Waals surface area contributed by atoms with Gasteiger partial charge in [-0.2, -0.15) is 0 Å². The molecule has 2 N–H and O–H groups in total. The standard InChI is InChI=1S/C24H31N3O4S/c1-28-17-11-19-23(22(12-17)29-2)32-24(25)27(19)13-16-7-9-26(10-8-16)14-18-15-30-20-5-3-4-6-21(20)31-18/h3-6,11-12,16,18,24H,7-10,13-15,25H2,1-2H3. The van der Waals surface area contributed by atoms with E-state index in [1.807, 2.05) is 30.3 Å². The Kier molecular flexibility index (Phi) is 6.26. The highest BCUT2D eigenvalue weighted by atomic mass is 32.2. The zero-order valence-corrected chi connectivity index (χ0v) is 19.5. The maximum absolute atomic E-state index is 6.50. The van der Waals surface area contributed by atoms with Crippen LogP contribution >= 0.6 is 11.8 Å². The lowest BCUT2D eigenvalue weighted by molar-refractivity contribution is 0.0481. The largest absolute Gasteiger partial charge is 0.497 e. The van der Waals surface area contributed by atoms with Crippen LogP contribution in [-0.2, 0) is 0 Å². The summed E-state index contributed by atoms with van der Waals surface area (Å²) in [5, 5.41) is 0. The molecule has 0 aromatic heterocycles. The summed E-state index contributed by atoms with van der Waals surface area (Å²) in [5.74, 6) is 3.92. The van der Waals surface area contributed by atoms with E-state index in [1.54, 1.807) is 26.0 Å². The summed E-state index contributed by atoms with van der Waals surface area (Å²) in [7, 11) is 3.38. The van der Waals surface area contributed by atoms with Crippen molar-refractivity contribution in [3.05, 3.63) is 36.4 Å². The Morgan fingerprint density at radius 3 is 2.59 bits per heavy atom. The minimum Gasteiger partial charge on any atom is -0.497 e. The average Bonchev–Trinajstić information content (AvgIpc) is 3.14. The fourth-order valence-corrected chi connectivity index (χ4v) is 5.88. The van der Waals surface area contributed by atoms with Gasteiger partial charge in [-0.05, 0) is 44.0 Å². The van der Waals surface area contributed by atoms with Gasteiger partial charge in [-0.3, -0.25) is 4.90 Å². The molecule has 0 spiro atoms. The van der Waals surface area contributed by atoms with Gasteiger partial charge in [0.1, 0.15) is 29.7 Å². The Morgan fingerprint density at radius 2 is 1.84 bits per heavy atom. The summed E-state index contributed by atoms with van der Waals surface area (Å²) in [4.78, 5) is 5.91. The predicted octanol–water partition coefficient (Wildman–Crippen LogP) is 3.41. The van der Waals surface area contributed by atoms with Gasteiger partial charge in [0.2, 0.25) is 0 Å². The van der Waals surface area contributed by atoms with Crippen molar-refractivity contribution in [2.75, 3.05) is 51.9 Å². The number of methoxy groups -OCH3 is 2. The molecule has 2 aromatic carbocycles. The van der Waals surface area contributed by atoms with E-state index in [4.69, 9.17) is 24.7 Å². The van der Waals surface area contributed by atoms with Gasteiger partial charge in [0.05, 0.1) is 24.8 Å². The molecule has 2 atom stereocenters. The number of nitrogens with zero attached hydrogens (tertiary/aromatic N) is 2. The van der Waals surface area contributed by atoms with E-state index < -0.39 is 0 Å². The van der Waals surface area contributed by atoms with Crippen molar-refractivity contribution in [3.8, 4) is 23.0 Å². The molecule has 3 aliphatic rings. The lowest BCUT2D eigenvalue weighted by Crippen LogP contribution is -2.46. The molecule has 2 unspecified atom stereocenters. The highest BCUT2D eigenvalue weighted by Gasteiger charge is 2.34. The van der Waals surface area contributed by atoms with Crippen LogP contribution in [0, 0.1) is 5.92 Å². The fraction of sp³-hybridized carbons (Fsp3) is 0.500.